The van der Waals surface area contributed by atoms with Crippen LogP contribution in [0.1, 0.15) is 12.8 Å². The normalized spacial score (nSPS) is 15.5. The molecule has 2 aromatic heterocycles. The van der Waals surface area contributed by atoms with E-state index in [9.17, 15) is 0 Å². The maximum Gasteiger partial charge on any atom is 0.243 e. The van der Waals surface area contributed by atoms with E-state index in [4.69, 9.17) is 11.6 Å². The Bertz CT molecular complexity index is 548. The van der Waals surface area contributed by atoms with Gasteiger partial charge in [0.1, 0.15) is 0 Å². The summed E-state index contributed by atoms with van der Waals surface area (Å²) in [6.07, 6.45) is 4.43. The van der Waals surface area contributed by atoms with Gasteiger partial charge in [-0.1, -0.05) is 11.6 Å². The molecule has 96 valence electrons. The summed E-state index contributed by atoms with van der Waals surface area (Å²) in [7, 11) is 2.16. The Balaban J connectivity index is 1.60. The topological polar surface area (TPSA) is 45.5 Å². The molecular weight excluding hydrogens is 250 g/mol. The van der Waals surface area contributed by atoms with Crippen LogP contribution in [0, 0.1) is 0 Å². The molecule has 0 unspecified atom stereocenters. The van der Waals surface area contributed by atoms with Crippen LogP contribution in [0.15, 0.2) is 18.3 Å². The van der Waals surface area contributed by atoms with Crippen LogP contribution in [0.5, 0.6) is 0 Å². The Morgan fingerprint density at radius 1 is 1.50 bits per heavy atom. The lowest BCUT2D eigenvalue weighted by atomic mass is 10.5. The number of rotatable bonds is 5. The van der Waals surface area contributed by atoms with Crippen LogP contribution >= 0.6 is 11.6 Å². The largest absolute Gasteiger partial charge is 0.352 e. The second kappa shape index (κ2) is 4.74. The van der Waals surface area contributed by atoms with Gasteiger partial charge in [0.25, 0.3) is 0 Å². The molecule has 0 aliphatic heterocycles. The number of halogens is 1. The maximum absolute atomic E-state index is 5.90. The van der Waals surface area contributed by atoms with E-state index < -0.39 is 0 Å². The van der Waals surface area contributed by atoms with E-state index >= 15 is 0 Å². The van der Waals surface area contributed by atoms with Crippen molar-refractivity contribution in [2.45, 2.75) is 18.9 Å². The Labute approximate surface area is 111 Å². The molecule has 2 aromatic rings. The van der Waals surface area contributed by atoms with Crippen LogP contribution in [0.25, 0.3) is 5.65 Å². The van der Waals surface area contributed by atoms with Gasteiger partial charge in [-0.2, -0.15) is 4.98 Å². The zero-order chi connectivity index (χ0) is 12.5. The molecule has 1 aliphatic rings. The van der Waals surface area contributed by atoms with Crippen molar-refractivity contribution in [1.82, 2.24) is 19.5 Å². The van der Waals surface area contributed by atoms with E-state index in [0.717, 1.165) is 24.8 Å². The minimum atomic E-state index is 0.654. The zero-order valence-electron chi connectivity index (χ0n) is 10.3. The van der Waals surface area contributed by atoms with Crippen LogP contribution in [0.2, 0.25) is 5.02 Å². The van der Waals surface area contributed by atoms with Crippen molar-refractivity contribution < 1.29 is 0 Å². The molecule has 2 heterocycles. The van der Waals surface area contributed by atoms with Crippen molar-refractivity contribution in [3.8, 4) is 0 Å². The summed E-state index contributed by atoms with van der Waals surface area (Å²) in [5.41, 5.74) is 0.803. The average Bonchev–Trinajstić information content (AvgIpc) is 3.11. The molecule has 0 bridgehead atoms. The second-order valence-corrected chi connectivity index (χ2v) is 5.16. The Hall–Kier alpha value is -1.33. The number of anilines is 1. The van der Waals surface area contributed by atoms with E-state index in [1.165, 1.54) is 12.8 Å². The molecule has 0 radical (unpaired) electrons. The van der Waals surface area contributed by atoms with Crippen LogP contribution < -0.4 is 5.32 Å². The number of fused-ring (bicyclic) bond motifs is 1. The summed E-state index contributed by atoms with van der Waals surface area (Å²) in [5, 5.41) is 8.22. The summed E-state index contributed by atoms with van der Waals surface area (Å²) >= 11 is 5.90. The molecule has 1 saturated carbocycles. The van der Waals surface area contributed by atoms with Gasteiger partial charge in [-0.3, -0.25) is 0 Å². The predicted octanol–water partition coefficient (Wildman–Crippen LogP) is 1.89. The van der Waals surface area contributed by atoms with Crippen LogP contribution in [-0.2, 0) is 0 Å². The summed E-state index contributed by atoms with van der Waals surface area (Å²) < 4.78 is 1.69. The van der Waals surface area contributed by atoms with E-state index in [0.29, 0.717) is 11.0 Å². The molecule has 5 nitrogen and oxygen atoms in total. The molecule has 0 atom stereocenters. The van der Waals surface area contributed by atoms with E-state index in [1.807, 2.05) is 12.1 Å². The van der Waals surface area contributed by atoms with Gasteiger partial charge >= 0.3 is 0 Å². The van der Waals surface area contributed by atoms with Crippen molar-refractivity contribution in [3.05, 3.63) is 23.4 Å². The van der Waals surface area contributed by atoms with Gasteiger partial charge in [0.2, 0.25) is 5.95 Å². The summed E-state index contributed by atoms with van der Waals surface area (Å²) in [6.45, 7) is 1.87. The van der Waals surface area contributed by atoms with Gasteiger partial charge in [-0.15, -0.1) is 5.10 Å². The minimum Gasteiger partial charge on any atom is -0.352 e. The first-order chi connectivity index (χ1) is 8.72. The molecule has 1 fully saturated rings. The molecule has 0 saturated heterocycles. The highest BCUT2D eigenvalue weighted by Gasteiger charge is 2.25. The fourth-order valence-corrected chi connectivity index (χ4v) is 2.13. The van der Waals surface area contributed by atoms with E-state index in [1.54, 1.807) is 10.7 Å². The van der Waals surface area contributed by atoms with Crippen LogP contribution in [0.4, 0.5) is 5.95 Å². The van der Waals surface area contributed by atoms with Gasteiger partial charge in [-0.05, 0) is 32.0 Å². The summed E-state index contributed by atoms with van der Waals surface area (Å²) in [5.74, 6) is 0.654. The molecule has 1 aliphatic carbocycles. The van der Waals surface area contributed by atoms with Crippen molar-refractivity contribution in [1.29, 1.82) is 0 Å². The predicted molar refractivity (Wildman–Crippen MR) is 72.1 cm³/mol. The third kappa shape index (κ3) is 2.57. The summed E-state index contributed by atoms with van der Waals surface area (Å²) in [4.78, 5) is 6.75. The number of aromatic nitrogens is 3. The van der Waals surface area contributed by atoms with Gasteiger partial charge in [0.15, 0.2) is 5.65 Å². The Kier molecular flexibility index (Phi) is 3.09. The Morgan fingerprint density at radius 2 is 2.33 bits per heavy atom. The third-order valence-electron chi connectivity index (χ3n) is 3.21. The van der Waals surface area contributed by atoms with E-state index in [2.05, 4.69) is 27.3 Å². The molecule has 18 heavy (non-hydrogen) atoms. The molecule has 0 amide bonds. The monoisotopic (exact) mass is 265 g/mol. The highest BCUT2D eigenvalue weighted by Crippen LogP contribution is 2.24. The van der Waals surface area contributed by atoms with Gasteiger partial charge < -0.3 is 10.2 Å². The standard InChI is InChI=1S/C12H16ClN5/c1-17(10-3-4-10)7-6-14-12-15-11-5-2-9(13)8-18(11)16-12/h2,5,8,10H,3-4,6-7H2,1H3,(H,14,16). The van der Waals surface area contributed by atoms with Crippen molar-refractivity contribution in [2.75, 3.05) is 25.5 Å². The first kappa shape index (κ1) is 11.7. The molecule has 6 heteroatoms. The fourth-order valence-electron chi connectivity index (χ4n) is 1.97. The van der Waals surface area contributed by atoms with Crippen molar-refractivity contribution >= 4 is 23.2 Å². The van der Waals surface area contributed by atoms with Crippen molar-refractivity contribution in [3.63, 3.8) is 0 Å². The Morgan fingerprint density at radius 3 is 3.11 bits per heavy atom. The first-order valence-corrected chi connectivity index (χ1v) is 6.56. The molecule has 0 spiro atoms. The maximum atomic E-state index is 5.90. The number of nitrogens with one attached hydrogen (secondary N) is 1. The van der Waals surface area contributed by atoms with E-state index in [-0.39, 0.29) is 0 Å². The fraction of sp³-hybridized carbons (Fsp3) is 0.500. The lowest BCUT2D eigenvalue weighted by Gasteiger charge is -2.14. The number of nitrogens with zero attached hydrogens (tertiary/aromatic N) is 4. The quantitative estimate of drug-likeness (QED) is 0.897. The minimum absolute atomic E-state index is 0.654. The molecular formula is C12H16ClN5. The molecule has 1 N–H and O–H groups in total. The number of hydrogen-bond donors (Lipinski definition) is 1. The SMILES string of the molecule is CN(CCNc1nc2ccc(Cl)cn2n1)C1CC1. The highest BCUT2D eigenvalue weighted by atomic mass is 35.5. The van der Waals surface area contributed by atoms with Gasteiger partial charge in [0.05, 0.1) is 5.02 Å². The summed E-state index contributed by atoms with van der Waals surface area (Å²) in [6, 6.07) is 4.46. The van der Waals surface area contributed by atoms with Gasteiger partial charge in [-0.25, -0.2) is 4.52 Å². The van der Waals surface area contributed by atoms with Crippen molar-refractivity contribution in [2.24, 2.45) is 0 Å². The number of likely N-dealkylation sites (N-methyl/N-ethyl adjacent to an activating group) is 1. The van der Waals surface area contributed by atoms with Crippen LogP contribution in [-0.4, -0.2) is 45.7 Å². The zero-order valence-corrected chi connectivity index (χ0v) is 11.1. The highest BCUT2D eigenvalue weighted by molar-refractivity contribution is 6.30. The molecule has 0 aromatic carbocycles. The number of hydrogen-bond acceptors (Lipinski definition) is 4. The lowest BCUT2D eigenvalue weighted by Crippen LogP contribution is -2.27. The number of pyridine rings is 1. The smallest absolute Gasteiger partial charge is 0.243 e. The average molecular weight is 266 g/mol. The lowest BCUT2D eigenvalue weighted by molar-refractivity contribution is 0.337. The van der Waals surface area contributed by atoms with Gasteiger partial charge in [0, 0.05) is 25.3 Å². The first-order valence-electron chi connectivity index (χ1n) is 6.18. The molecule has 3 rings (SSSR count). The van der Waals surface area contributed by atoms with Crippen LogP contribution in [0.3, 0.4) is 0 Å². The second-order valence-electron chi connectivity index (χ2n) is 4.72. The third-order valence-corrected chi connectivity index (χ3v) is 3.44.